The first-order valence-electron chi connectivity index (χ1n) is 6.00. The summed E-state index contributed by atoms with van der Waals surface area (Å²) in [4.78, 5) is 0. The van der Waals surface area contributed by atoms with Gasteiger partial charge in [-0.25, -0.2) is 0 Å². The van der Waals surface area contributed by atoms with Crippen LogP contribution < -0.4 is 5.32 Å². The molecule has 0 amide bonds. The smallest absolute Gasteiger partial charge is 0.0204 e. The average Bonchev–Trinajstić information content (AvgIpc) is 2.42. The molecule has 78 valence electrons. The molecule has 1 aliphatic rings. The van der Waals surface area contributed by atoms with Crippen molar-refractivity contribution in [2.45, 2.75) is 64.8 Å². The third-order valence-electron chi connectivity index (χ3n) is 3.96. The largest absolute Gasteiger partial charge is 0.311 e. The van der Waals surface area contributed by atoms with Gasteiger partial charge in [-0.1, -0.05) is 40.0 Å². The second-order valence-electron chi connectivity index (χ2n) is 4.56. The molecular formula is C12H25N. The van der Waals surface area contributed by atoms with Crippen LogP contribution in [0.5, 0.6) is 0 Å². The summed E-state index contributed by atoms with van der Waals surface area (Å²) < 4.78 is 0. The van der Waals surface area contributed by atoms with Crippen molar-refractivity contribution in [3.8, 4) is 0 Å². The van der Waals surface area contributed by atoms with Crippen LogP contribution in [0.1, 0.15) is 59.3 Å². The zero-order valence-electron chi connectivity index (χ0n) is 9.53. The molecule has 1 fully saturated rings. The second-order valence-corrected chi connectivity index (χ2v) is 4.56. The molecule has 0 spiro atoms. The Hall–Kier alpha value is -0.0400. The molecule has 2 atom stereocenters. The van der Waals surface area contributed by atoms with Crippen molar-refractivity contribution in [2.75, 3.05) is 6.54 Å². The molecule has 1 heterocycles. The van der Waals surface area contributed by atoms with E-state index in [0.29, 0.717) is 5.54 Å². The third kappa shape index (κ3) is 2.46. The maximum Gasteiger partial charge on any atom is 0.0204 e. The van der Waals surface area contributed by atoms with Gasteiger partial charge in [0, 0.05) is 5.54 Å². The molecule has 0 aliphatic carbocycles. The van der Waals surface area contributed by atoms with E-state index in [-0.39, 0.29) is 0 Å². The van der Waals surface area contributed by atoms with E-state index in [9.17, 15) is 0 Å². The van der Waals surface area contributed by atoms with Gasteiger partial charge < -0.3 is 5.32 Å². The maximum absolute atomic E-state index is 3.80. The lowest BCUT2D eigenvalue weighted by Crippen LogP contribution is -2.49. The van der Waals surface area contributed by atoms with Crippen molar-refractivity contribution in [1.82, 2.24) is 5.32 Å². The number of rotatable bonds is 3. The van der Waals surface area contributed by atoms with E-state index in [2.05, 4.69) is 26.1 Å². The van der Waals surface area contributed by atoms with E-state index >= 15 is 0 Å². The first-order valence-corrected chi connectivity index (χ1v) is 6.00. The van der Waals surface area contributed by atoms with Crippen LogP contribution in [-0.4, -0.2) is 12.1 Å². The van der Waals surface area contributed by atoms with Crippen molar-refractivity contribution in [2.24, 2.45) is 5.92 Å². The quantitative estimate of drug-likeness (QED) is 0.707. The molecule has 0 aromatic carbocycles. The average molecular weight is 183 g/mol. The summed E-state index contributed by atoms with van der Waals surface area (Å²) in [5.41, 5.74) is 0.464. The Kier molecular flexibility index (Phi) is 4.24. The molecule has 0 aromatic rings. The monoisotopic (exact) mass is 183 g/mol. The summed E-state index contributed by atoms with van der Waals surface area (Å²) in [6, 6.07) is 0. The molecule has 13 heavy (non-hydrogen) atoms. The van der Waals surface area contributed by atoms with Crippen LogP contribution in [0.3, 0.4) is 0 Å². The van der Waals surface area contributed by atoms with E-state index in [1.165, 1.54) is 45.1 Å². The minimum Gasteiger partial charge on any atom is -0.311 e. The van der Waals surface area contributed by atoms with Gasteiger partial charge in [0.2, 0.25) is 0 Å². The number of hydrogen-bond acceptors (Lipinski definition) is 1. The van der Waals surface area contributed by atoms with Gasteiger partial charge in [0.15, 0.2) is 0 Å². The Balaban J connectivity index is 2.64. The fourth-order valence-electron chi connectivity index (χ4n) is 2.63. The zero-order valence-corrected chi connectivity index (χ0v) is 9.53. The van der Waals surface area contributed by atoms with Gasteiger partial charge in [0.05, 0.1) is 0 Å². The fraction of sp³-hybridized carbons (Fsp3) is 1.00. The fourth-order valence-corrected chi connectivity index (χ4v) is 2.63. The minimum absolute atomic E-state index is 0.464. The van der Waals surface area contributed by atoms with E-state index in [0.717, 1.165) is 5.92 Å². The van der Waals surface area contributed by atoms with Crippen molar-refractivity contribution in [1.29, 1.82) is 0 Å². The van der Waals surface area contributed by atoms with E-state index < -0.39 is 0 Å². The lowest BCUT2D eigenvalue weighted by Gasteiger charge is -2.38. The Morgan fingerprint density at radius 3 is 2.62 bits per heavy atom. The molecule has 0 aromatic heterocycles. The van der Waals surface area contributed by atoms with Gasteiger partial charge in [0.25, 0.3) is 0 Å². The molecule has 1 heteroatoms. The van der Waals surface area contributed by atoms with Gasteiger partial charge in [-0.05, 0) is 31.7 Å². The zero-order chi connectivity index (χ0) is 9.73. The molecule has 0 saturated carbocycles. The predicted molar refractivity (Wildman–Crippen MR) is 58.9 cm³/mol. The first kappa shape index (κ1) is 11.0. The van der Waals surface area contributed by atoms with Gasteiger partial charge in [0.1, 0.15) is 0 Å². The molecule has 1 N–H and O–H groups in total. The molecular weight excluding hydrogens is 158 g/mol. The van der Waals surface area contributed by atoms with Crippen LogP contribution in [-0.2, 0) is 0 Å². The second kappa shape index (κ2) is 4.99. The van der Waals surface area contributed by atoms with E-state index in [1.54, 1.807) is 0 Å². The molecule has 0 radical (unpaired) electrons. The normalized spacial score (nSPS) is 32.5. The lowest BCUT2D eigenvalue weighted by atomic mass is 9.78. The Morgan fingerprint density at radius 1 is 1.23 bits per heavy atom. The van der Waals surface area contributed by atoms with Gasteiger partial charge >= 0.3 is 0 Å². The summed E-state index contributed by atoms with van der Waals surface area (Å²) in [6.07, 6.45) is 8.20. The molecule has 1 aliphatic heterocycles. The lowest BCUT2D eigenvalue weighted by molar-refractivity contribution is 0.200. The third-order valence-corrected chi connectivity index (χ3v) is 3.96. The van der Waals surface area contributed by atoms with Crippen LogP contribution in [0.25, 0.3) is 0 Å². The van der Waals surface area contributed by atoms with Crippen molar-refractivity contribution >= 4 is 0 Å². The van der Waals surface area contributed by atoms with Crippen LogP contribution in [0.4, 0.5) is 0 Å². The molecule has 0 bridgehead atoms. The number of hydrogen-bond donors (Lipinski definition) is 1. The molecule has 1 saturated heterocycles. The standard InChI is InChI=1S/C12H25N/c1-4-11(3)12(5-2)9-7-6-8-10-13-12/h11,13H,4-10H2,1-3H3. The maximum atomic E-state index is 3.80. The predicted octanol–water partition coefficient (Wildman–Crippen LogP) is 3.34. The van der Waals surface area contributed by atoms with Crippen molar-refractivity contribution in [3.63, 3.8) is 0 Å². The van der Waals surface area contributed by atoms with E-state index in [1.807, 2.05) is 0 Å². The SMILES string of the molecule is CCC(C)C1(CC)CCCCCN1. The van der Waals surface area contributed by atoms with E-state index in [4.69, 9.17) is 0 Å². The Labute approximate surface area is 83.3 Å². The number of nitrogens with one attached hydrogen (secondary N) is 1. The Bertz CT molecular complexity index is 134. The van der Waals surface area contributed by atoms with Crippen molar-refractivity contribution in [3.05, 3.63) is 0 Å². The van der Waals surface area contributed by atoms with Crippen LogP contribution in [0.2, 0.25) is 0 Å². The first-order chi connectivity index (χ1) is 6.25. The summed E-state index contributed by atoms with van der Waals surface area (Å²) in [6.45, 7) is 8.29. The van der Waals surface area contributed by atoms with Gasteiger partial charge in [-0.15, -0.1) is 0 Å². The highest BCUT2D eigenvalue weighted by atomic mass is 15.0. The summed E-state index contributed by atoms with van der Waals surface area (Å²) in [7, 11) is 0. The summed E-state index contributed by atoms with van der Waals surface area (Å²) in [5.74, 6) is 0.829. The summed E-state index contributed by atoms with van der Waals surface area (Å²) in [5, 5.41) is 3.80. The summed E-state index contributed by atoms with van der Waals surface area (Å²) >= 11 is 0. The van der Waals surface area contributed by atoms with Crippen LogP contribution >= 0.6 is 0 Å². The van der Waals surface area contributed by atoms with Crippen LogP contribution in [0, 0.1) is 5.92 Å². The highest BCUT2D eigenvalue weighted by Crippen LogP contribution is 2.31. The van der Waals surface area contributed by atoms with Crippen LogP contribution in [0.15, 0.2) is 0 Å². The molecule has 1 rings (SSSR count). The van der Waals surface area contributed by atoms with Gasteiger partial charge in [-0.3, -0.25) is 0 Å². The highest BCUT2D eigenvalue weighted by Gasteiger charge is 2.33. The topological polar surface area (TPSA) is 12.0 Å². The molecule has 2 unspecified atom stereocenters. The van der Waals surface area contributed by atoms with Crippen molar-refractivity contribution < 1.29 is 0 Å². The Morgan fingerprint density at radius 2 is 2.00 bits per heavy atom. The highest BCUT2D eigenvalue weighted by molar-refractivity contribution is 4.92. The molecule has 1 nitrogen and oxygen atoms in total. The van der Waals surface area contributed by atoms with Gasteiger partial charge in [-0.2, -0.15) is 0 Å². The minimum atomic E-state index is 0.464.